The molecule has 0 aliphatic carbocycles. The van der Waals surface area contributed by atoms with Crippen LogP contribution in [0.3, 0.4) is 0 Å². The average Bonchev–Trinajstić information content (AvgIpc) is 2.84. The normalized spacial score (nSPS) is 9.88. The van der Waals surface area contributed by atoms with Crippen molar-refractivity contribution in [1.82, 2.24) is 10.2 Å². The number of hydrogen-bond donors (Lipinski definition) is 1. The molecular formula is C24H39N5O5. The van der Waals surface area contributed by atoms with Crippen molar-refractivity contribution in [1.29, 1.82) is 0 Å². The lowest BCUT2D eigenvalue weighted by Gasteiger charge is -2.21. The Bertz CT molecular complexity index is 652. The number of nitrogens with one attached hydrogen (secondary N) is 1. The quantitative estimate of drug-likeness (QED) is 0.143. The van der Waals surface area contributed by atoms with E-state index < -0.39 is 0 Å². The minimum atomic E-state index is -0.354. The second-order valence-corrected chi connectivity index (χ2v) is 8.04. The molecule has 0 fully saturated rings. The minimum absolute atomic E-state index is 0.166. The smallest absolute Gasteiger partial charge is 0.324 e. The summed E-state index contributed by atoms with van der Waals surface area (Å²) in [7, 11) is 0. The molecule has 10 nitrogen and oxygen atoms in total. The molecule has 34 heavy (non-hydrogen) atoms. The number of urea groups is 1. The Hall–Kier alpha value is -2.92. The summed E-state index contributed by atoms with van der Waals surface area (Å²) in [5.74, 6) is -0.166. The highest BCUT2D eigenvalue weighted by Gasteiger charge is 2.20. The molecule has 0 aliphatic heterocycles. The van der Waals surface area contributed by atoms with E-state index in [2.05, 4.69) is 20.3 Å². The van der Waals surface area contributed by atoms with Crippen molar-refractivity contribution in [2.75, 3.05) is 32.7 Å². The highest BCUT2D eigenvalue weighted by atomic mass is 16.2. The van der Waals surface area contributed by atoms with E-state index >= 15 is 0 Å². The van der Waals surface area contributed by atoms with Crippen LogP contribution in [0.1, 0.15) is 89.9 Å². The molecule has 0 saturated carbocycles. The van der Waals surface area contributed by atoms with Gasteiger partial charge >= 0.3 is 6.03 Å². The Kier molecular flexibility index (Phi) is 22.6. The molecule has 10 heteroatoms. The van der Waals surface area contributed by atoms with E-state index in [-0.39, 0.29) is 11.9 Å². The van der Waals surface area contributed by atoms with E-state index in [0.717, 1.165) is 70.6 Å². The van der Waals surface area contributed by atoms with Crippen LogP contribution in [-0.4, -0.2) is 67.8 Å². The molecule has 0 aliphatic rings. The molecule has 0 rings (SSSR count). The van der Waals surface area contributed by atoms with Gasteiger partial charge in [-0.05, 0) is 38.5 Å². The van der Waals surface area contributed by atoms with Gasteiger partial charge in [0.05, 0.1) is 19.6 Å². The van der Waals surface area contributed by atoms with Crippen molar-refractivity contribution in [3.8, 4) is 0 Å². The molecule has 0 atom stereocenters. The van der Waals surface area contributed by atoms with Gasteiger partial charge in [0.1, 0.15) is 0 Å². The molecule has 0 radical (unpaired) electrons. The van der Waals surface area contributed by atoms with E-state index in [0.29, 0.717) is 52.0 Å². The zero-order chi connectivity index (χ0) is 25.1. The molecule has 0 heterocycles. The zero-order valence-corrected chi connectivity index (χ0v) is 20.3. The number of isocyanates is 3. The summed E-state index contributed by atoms with van der Waals surface area (Å²) in [4.78, 5) is 67.4. The van der Waals surface area contributed by atoms with Crippen molar-refractivity contribution >= 4 is 30.2 Å². The summed E-state index contributed by atoms with van der Waals surface area (Å²) in [6.45, 7) is 2.29. The largest absolute Gasteiger partial charge is 0.338 e. The van der Waals surface area contributed by atoms with Crippen LogP contribution in [0, 0.1) is 0 Å². The van der Waals surface area contributed by atoms with E-state index in [1.54, 1.807) is 0 Å². The van der Waals surface area contributed by atoms with Gasteiger partial charge in [-0.2, -0.15) is 0 Å². The zero-order valence-electron chi connectivity index (χ0n) is 20.3. The summed E-state index contributed by atoms with van der Waals surface area (Å²) in [5, 5.41) is 2.85. The van der Waals surface area contributed by atoms with Crippen LogP contribution in [0.4, 0.5) is 4.79 Å². The van der Waals surface area contributed by atoms with E-state index in [9.17, 15) is 24.0 Å². The lowest BCUT2D eigenvalue weighted by atomic mass is 10.1. The molecule has 0 aromatic heterocycles. The summed E-state index contributed by atoms with van der Waals surface area (Å²) < 4.78 is 0. The van der Waals surface area contributed by atoms with E-state index in [1.165, 1.54) is 23.1 Å². The molecule has 0 unspecified atom stereocenters. The monoisotopic (exact) mass is 477 g/mol. The number of carbonyl (C=O) groups excluding carboxylic acids is 5. The lowest BCUT2D eigenvalue weighted by Crippen LogP contribution is -2.44. The fraction of sp³-hybridized carbons (Fsp3) is 0.792. The number of hydrogen-bond acceptors (Lipinski definition) is 8. The SMILES string of the molecule is O=C=NCCCCCCCC(=O)N(CCCCCCN=C=O)C(=O)NCCCCCCN=C=O. The molecule has 0 bridgehead atoms. The van der Waals surface area contributed by atoms with Gasteiger partial charge < -0.3 is 5.32 Å². The number of unbranched alkanes of at least 4 members (excludes halogenated alkanes) is 10. The van der Waals surface area contributed by atoms with Crippen LogP contribution in [0.15, 0.2) is 15.0 Å². The first-order valence-electron chi connectivity index (χ1n) is 12.4. The molecule has 0 saturated heterocycles. The number of carbonyl (C=O) groups is 2. The molecule has 0 aromatic carbocycles. The second kappa shape index (κ2) is 24.7. The summed E-state index contributed by atoms with van der Waals surface area (Å²) in [6, 6.07) is -0.354. The maximum absolute atomic E-state index is 12.7. The highest BCUT2D eigenvalue weighted by molar-refractivity contribution is 5.94. The maximum atomic E-state index is 12.7. The average molecular weight is 478 g/mol. The number of imide groups is 1. The van der Waals surface area contributed by atoms with Crippen LogP contribution in [0.5, 0.6) is 0 Å². The van der Waals surface area contributed by atoms with Crippen LogP contribution in [0.25, 0.3) is 0 Å². The Morgan fingerprint density at radius 3 is 1.56 bits per heavy atom. The number of nitrogens with zero attached hydrogens (tertiary/aromatic N) is 4. The van der Waals surface area contributed by atoms with Crippen LogP contribution in [0.2, 0.25) is 0 Å². The van der Waals surface area contributed by atoms with Crippen LogP contribution >= 0.6 is 0 Å². The maximum Gasteiger partial charge on any atom is 0.324 e. The summed E-state index contributed by atoms with van der Waals surface area (Å²) >= 11 is 0. The lowest BCUT2D eigenvalue weighted by molar-refractivity contribution is -0.128. The van der Waals surface area contributed by atoms with Gasteiger partial charge in [-0.15, -0.1) is 0 Å². The van der Waals surface area contributed by atoms with Crippen molar-refractivity contribution in [3.63, 3.8) is 0 Å². The Balaban J connectivity index is 4.35. The minimum Gasteiger partial charge on any atom is -0.338 e. The van der Waals surface area contributed by atoms with Crippen molar-refractivity contribution in [2.24, 2.45) is 15.0 Å². The van der Waals surface area contributed by atoms with E-state index in [4.69, 9.17) is 0 Å². The third-order valence-electron chi connectivity index (χ3n) is 5.27. The standard InChI is InChI=1S/C24H39N5O5/c30-20-25-15-9-3-1-2-8-14-23(33)29(19-13-7-6-11-17-27-22-32)24(34)28-18-12-5-4-10-16-26-21-31/h1-19H2,(H,28,34). The van der Waals surface area contributed by atoms with Crippen molar-refractivity contribution in [2.45, 2.75) is 89.9 Å². The predicted octanol–water partition coefficient (Wildman–Crippen LogP) is 3.99. The van der Waals surface area contributed by atoms with Gasteiger partial charge in [-0.1, -0.05) is 44.9 Å². The third kappa shape index (κ3) is 19.7. The molecule has 1 N–H and O–H groups in total. The van der Waals surface area contributed by atoms with Gasteiger partial charge in [0.2, 0.25) is 24.1 Å². The molecule has 3 amide bonds. The second-order valence-electron chi connectivity index (χ2n) is 8.04. The Morgan fingerprint density at radius 1 is 0.588 bits per heavy atom. The fourth-order valence-electron chi connectivity index (χ4n) is 3.38. The molecule has 0 aromatic rings. The highest BCUT2D eigenvalue weighted by Crippen LogP contribution is 2.10. The summed E-state index contributed by atoms with van der Waals surface area (Å²) in [5.41, 5.74) is 0. The van der Waals surface area contributed by atoms with Crippen molar-refractivity contribution < 1.29 is 24.0 Å². The number of rotatable bonds is 22. The first kappa shape index (κ1) is 31.1. The number of aliphatic imine (C=N–C) groups is 3. The Morgan fingerprint density at radius 2 is 1.03 bits per heavy atom. The van der Waals surface area contributed by atoms with E-state index in [1.807, 2.05) is 0 Å². The Labute approximate surface area is 202 Å². The summed E-state index contributed by atoms with van der Waals surface area (Å²) in [6.07, 6.45) is 15.9. The van der Waals surface area contributed by atoms with Crippen LogP contribution in [-0.2, 0) is 19.2 Å². The molecular weight excluding hydrogens is 438 g/mol. The van der Waals surface area contributed by atoms with Gasteiger partial charge in [-0.3, -0.25) is 9.69 Å². The van der Waals surface area contributed by atoms with Crippen molar-refractivity contribution in [3.05, 3.63) is 0 Å². The van der Waals surface area contributed by atoms with Gasteiger partial charge in [0, 0.05) is 19.5 Å². The first-order valence-corrected chi connectivity index (χ1v) is 12.4. The molecule has 0 spiro atoms. The van der Waals surface area contributed by atoms with Crippen LogP contribution < -0.4 is 5.32 Å². The third-order valence-corrected chi connectivity index (χ3v) is 5.27. The van der Waals surface area contributed by atoms with Gasteiger partial charge in [0.25, 0.3) is 0 Å². The number of amides is 3. The predicted molar refractivity (Wildman–Crippen MR) is 129 cm³/mol. The topological polar surface area (TPSA) is 138 Å². The van der Waals surface area contributed by atoms with Gasteiger partial charge in [0.15, 0.2) is 0 Å². The van der Waals surface area contributed by atoms with Gasteiger partial charge in [-0.25, -0.2) is 34.2 Å². The molecule has 190 valence electrons. The first-order chi connectivity index (χ1) is 16.7. The fourth-order valence-corrected chi connectivity index (χ4v) is 3.38.